The third-order valence-corrected chi connectivity index (χ3v) is 5.48. The van der Waals surface area contributed by atoms with Gasteiger partial charge in [0.05, 0.1) is 12.2 Å². The molecule has 0 heterocycles. The molecule has 0 bridgehead atoms. The summed E-state index contributed by atoms with van der Waals surface area (Å²) in [5, 5.41) is 72.7. The number of phenols is 5. The molecule has 0 fully saturated rings. The molecule has 3 aromatic carbocycles. The molecule has 0 aliphatic rings. The minimum atomic E-state index is -0.819. The molecule has 0 amide bonds. The van der Waals surface area contributed by atoms with Gasteiger partial charge in [-0.05, 0) is 66.4 Å². The lowest BCUT2D eigenvalue weighted by atomic mass is 10.1. The van der Waals surface area contributed by atoms with Gasteiger partial charge in [-0.1, -0.05) is 26.0 Å². The molecule has 0 saturated heterocycles. The number of benzene rings is 3. The van der Waals surface area contributed by atoms with Crippen molar-refractivity contribution in [3.05, 3.63) is 77.4 Å². The Morgan fingerprint density at radius 2 is 0.973 bits per heavy atom. The summed E-state index contributed by atoms with van der Waals surface area (Å²) in [5.74, 6) is -0.0111. The van der Waals surface area contributed by atoms with Crippen molar-refractivity contribution in [2.45, 2.75) is 51.5 Å². The van der Waals surface area contributed by atoms with E-state index in [1.54, 1.807) is 12.1 Å². The molecule has 0 aromatic heterocycles. The molecule has 3 atom stereocenters. The largest absolute Gasteiger partial charge is 0.508 e. The van der Waals surface area contributed by atoms with Gasteiger partial charge in [0.25, 0.3) is 0 Å². The van der Waals surface area contributed by atoms with Crippen LogP contribution in [0.3, 0.4) is 0 Å². The third-order valence-electron chi connectivity index (χ3n) is 5.48. The second-order valence-electron chi connectivity index (χ2n) is 9.34. The highest BCUT2D eigenvalue weighted by Crippen LogP contribution is 2.25. The highest BCUT2D eigenvalue weighted by Gasteiger charge is 2.12. The van der Waals surface area contributed by atoms with E-state index in [1.165, 1.54) is 36.4 Å². The molecule has 3 unspecified atom stereocenters. The van der Waals surface area contributed by atoms with Crippen LogP contribution < -0.4 is 10.6 Å². The summed E-state index contributed by atoms with van der Waals surface area (Å²) in [5.41, 5.74) is 2.05. The normalized spacial score (nSPS) is 13.5. The molecule has 9 N–H and O–H groups in total. The zero-order valence-corrected chi connectivity index (χ0v) is 21.3. The van der Waals surface area contributed by atoms with E-state index >= 15 is 0 Å². The summed E-state index contributed by atoms with van der Waals surface area (Å²) < 4.78 is 0. The molecule has 0 radical (unpaired) electrons. The van der Waals surface area contributed by atoms with Gasteiger partial charge in [-0.25, -0.2) is 0 Å². The molecule has 9 nitrogen and oxygen atoms in total. The van der Waals surface area contributed by atoms with Crippen molar-refractivity contribution in [2.24, 2.45) is 0 Å². The quantitative estimate of drug-likeness (QED) is 0.197. The van der Waals surface area contributed by atoms with Gasteiger partial charge in [-0.2, -0.15) is 0 Å². The Balaban J connectivity index is 0.000000281. The fraction of sp³-hybridized carbons (Fsp3) is 0.357. The maximum atomic E-state index is 10.1. The van der Waals surface area contributed by atoms with E-state index in [2.05, 4.69) is 10.6 Å². The van der Waals surface area contributed by atoms with Crippen molar-refractivity contribution >= 4 is 0 Å². The molecule has 0 aliphatic carbocycles. The summed E-state index contributed by atoms with van der Waals surface area (Å²) in [6, 6.07) is 15.6. The van der Waals surface area contributed by atoms with E-state index in [0.717, 1.165) is 12.0 Å². The first kappa shape index (κ1) is 29.7. The van der Waals surface area contributed by atoms with Crippen molar-refractivity contribution in [3.8, 4) is 28.7 Å². The van der Waals surface area contributed by atoms with Crippen LogP contribution in [0.25, 0.3) is 0 Å². The predicted molar refractivity (Wildman–Crippen MR) is 142 cm³/mol. The molecule has 0 saturated carbocycles. The summed E-state index contributed by atoms with van der Waals surface area (Å²) in [4.78, 5) is 0. The van der Waals surface area contributed by atoms with Gasteiger partial charge in [0.15, 0.2) is 0 Å². The second-order valence-corrected chi connectivity index (χ2v) is 9.34. The monoisotopic (exact) mass is 514 g/mol. The van der Waals surface area contributed by atoms with E-state index in [4.69, 9.17) is 0 Å². The van der Waals surface area contributed by atoms with Crippen LogP contribution in [0.4, 0.5) is 0 Å². The van der Waals surface area contributed by atoms with Gasteiger partial charge in [-0.3, -0.25) is 0 Å². The molecule has 202 valence electrons. The highest BCUT2D eigenvalue weighted by atomic mass is 16.3. The van der Waals surface area contributed by atoms with E-state index in [9.17, 15) is 35.7 Å². The zero-order chi connectivity index (χ0) is 27.5. The number of rotatable bonds is 10. The van der Waals surface area contributed by atoms with Gasteiger partial charge in [0, 0.05) is 37.3 Å². The van der Waals surface area contributed by atoms with Crippen molar-refractivity contribution in [1.82, 2.24) is 10.6 Å². The predicted octanol–water partition coefficient (Wildman–Crippen LogP) is 3.19. The molecular formula is C28H38N2O7. The second kappa shape index (κ2) is 14.3. The highest BCUT2D eigenvalue weighted by molar-refractivity contribution is 5.38. The first-order valence-electron chi connectivity index (χ1n) is 12.1. The number of hydrogen-bond donors (Lipinski definition) is 9. The fourth-order valence-corrected chi connectivity index (χ4v) is 3.57. The van der Waals surface area contributed by atoms with Gasteiger partial charge < -0.3 is 46.4 Å². The summed E-state index contributed by atoms with van der Waals surface area (Å²) in [6.07, 6.45) is -0.788. The van der Waals surface area contributed by atoms with E-state index in [1.807, 2.05) is 32.9 Å². The lowest BCUT2D eigenvalue weighted by Crippen LogP contribution is -2.32. The van der Waals surface area contributed by atoms with Crippen LogP contribution in [0.15, 0.2) is 60.7 Å². The number of phenolic OH excluding ortho intramolecular Hbond substituents is 5. The lowest BCUT2D eigenvalue weighted by Gasteiger charge is -2.18. The molecule has 0 aliphatic heterocycles. The van der Waals surface area contributed by atoms with Gasteiger partial charge in [0.2, 0.25) is 0 Å². The molecule has 9 heteroatoms. The Bertz CT molecular complexity index is 1070. The van der Waals surface area contributed by atoms with Crippen molar-refractivity contribution in [2.75, 3.05) is 13.1 Å². The van der Waals surface area contributed by atoms with Crippen LogP contribution in [0, 0.1) is 0 Å². The van der Waals surface area contributed by atoms with Crippen LogP contribution in [0.2, 0.25) is 0 Å². The summed E-state index contributed by atoms with van der Waals surface area (Å²) >= 11 is 0. The minimum absolute atomic E-state index is 0.0476. The van der Waals surface area contributed by atoms with Crippen LogP contribution >= 0.6 is 0 Å². The fourth-order valence-electron chi connectivity index (χ4n) is 3.57. The standard InChI is InChI=1S/C17H21NO4.C11H17NO3/c1-11(6-12-2-4-14(19)5-3-12)18-10-17(22)13-7-15(20)9-16(21)8-13;1-7(2)12-6-11(15)8-3-9(13)5-10(14)4-8/h2-5,7-9,11,17-22H,6,10H2,1H3;3-5,7,11-15H,6H2,1-2H3. The summed E-state index contributed by atoms with van der Waals surface area (Å²) in [6.45, 7) is 6.65. The number of nitrogens with one attached hydrogen (secondary N) is 2. The van der Waals surface area contributed by atoms with E-state index < -0.39 is 12.2 Å². The Morgan fingerprint density at radius 3 is 1.38 bits per heavy atom. The number of aromatic hydroxyl groups is 5. The van der Waals surface area contributed by atoms with Crippen LogP contribution in [0.5, 0.6) is 28.7 Å². The SMILES string of the molecule is CC(C)NCC(O)c1cc(O)cc(O)c1.CC(Cc1ccc(O)cc1)NCC(O)c1cc(O)cc(O)c1. The van der Waals surface area contributed by atoms with E-state index in [0.29, 0.717) is 24.2 Å². The lowest BCUT2D eigenvalue weighted by molar-refractivity contribution is 0.170. The van der Waals surface area contributed by atoms with Gasteiger partial charge in [-0.15, -0.1) is 0 Å². The van der Waals surface area contributed by atoms with Crippen molar-refractivity contribution in [1.29, 1.82) is 0 Å². The first-order valence-corrected chi connectivity index (χ1v) is 12.1. The van der Waals surface area contributed by atoms with E-state index in [-0.39, 0.29) is 40.8 Å². The molecule has 3 rings (SSSR count). The van der Waals surface area contributed by atoms with Crippen LogP contribution in [0.1, 0.15) is 49.7 Å². The first-order chi connectivity index (χ1) is 17.4. The topological polar surface area (TPSA) is 166 Å². The minimum Gasteiger partial charge on any atom is -0.508 e. The Morgan fingerprint density at radius 1 is 0.568 bits per heavy atom. The smallest absolute Gasteiger partial charge is 0.119 e. The van der Waals surface area contributed by atoms with Crippen molar-refractivity contribution in [3.63, 3.8) is 0 Å². The zero-order valence-electron chi connectivity index (χ0n) is 21.3. The maximum Gasteiger partial charge on any atom is 0.119 e. The molecule has 37 heavy (non-hydrogen) atoms. The Kier molecular flexibility index (Phi) is 11.5. The average molecular weight is 515 g/mol. The number of hydrogen-bond acceptors (Lipinski definition) is 9. The molecule has 0 spiro atoms. The van der Waals surface area contributed by atoms with Crippen LogP contribution in [-0.2, 0) is 6.42 Å². The summed E-state index contributed by atoms with van der Waals surface area (Å²) in [7, 11) is 0. The number of aliphatic hydroxyl groups is 2. The average Bonchev–Trinajstić information content (AvgIpc) is 2.81. The maximum absolute atomic E-state index is 10.1. The van der Waals surface area contributed by atoms with Crippen LogP contribution in [-0.4, -0.2) is 60.9 Å². The molecular weight excluding hydrogens is 476 g/mol. The third kappa shape index (κ3) is 11.0. The Hall–Kier alpha value is -3.50. The van der Waals surface area contributed by atoms with Gasteiger partial charge >= 0.3 is 0 Å². The Labute approximate surface area is 217 Å². The number of aliphatic hydroxyl groups excluding tert-OH is 2. The molecule has 3 aromatic rings. The van der Waals surface area contributed by atoms with Crippen molar-refractivity contribution < 1.29 is 35.7 Å². The van der Waals surface area contributed by atoms with Gasteiger partial charge in [0.1, 0.15) is 28.7 Å².